The molecule has 0 saturated heterocycles. The molecule has 0 radical (unpaired) electrons. The lowest BCUT2D eigenvalue weighted by atomic mass is 10.3. The maximum absolute atomic E-state index is 12.8. The first kappa shape index (κ1) is 16.9. The third kappa shape index (κ3) is 3.43. The number of hydrogen-bond acceptors (Lipinski definition) is 6. The normalized spacial score (nSPS) is 11.4. The number of thiazole rings is 1. The summed E-state index contributed by atoms with van der Waals surface area (Å²) in [6.45, 7) is 2.97. The summed E-state index contributed by atoms with van der Waals surface area (Å²) >= 11 is 7.64. The van der Waals surface area contributed by atoms with E-state index in [0.717, 1.165) is 4.70 Å². The van der Waals surface area contributed by atoms with Gasteiger partial charge in [-0.15, -0.1) is 0 Å². The number of aromatic nitrogens is 2. The standard InChI is InChI=1S/C16H17ClN4O2S/c1-10-9-12(23-19-10)15(22)21(8-7-20(2)3)16-18-14-11(17)5-4-6-13(14)24-16/h4-6,9H,7-8H2,1-3H3. The maximum Gasteiger partial charge on any atom is 0.298 e. The first-order chi connectivity index (χ1) is 11.5. The molecule has 24 heavy (non-hydrogen) atoms. The number of hydrogen-bond donors (Lipinski definition) is 0. The third-order valence-electron chi connectivity index (χ3n) is 3.44. The Morgan fingerprint density at radius 3 is 2.75 bits per heavy atom. The fourth-order valence-corrected chi connectivity index (χ4v) is 3.49. The van der Waals surface area contributed by atoms with Gasteiger partial charge in [-0.1, -0.05) is 34.2 Å². The molecule has 8 heteroatoms. The number of benzene rings is 1. The number of para-hydroxylation sites is 1. The van der Waals surface area contributed by atoms with Crippen molar-refractivity contribution in [1.29, 1.82) is 0 Å². The lowest BCUT2D eigenvalue weighted by Crippen LogP contribution is -2.36. The molecule has 0 bridgehead atoms. The molecule has 0 aliphatic heterocycles. The van der Waals surface area contributed by atoms with Gasteiger partial charge >= 0.3 is 0 Å². The maximum atomic E-state index is 12.8. The van der Waals surface area contributed by atoms with E-state index in [4.69, 9.17) is 16.1 Å². The first-order valence-electron chi connectivity index (χ1n) is 7.40. The molecule has 3 rings (SSSR count). The molecule has 0 atom stereocenters. The number of likely N-dealkylation sites (N-methyl/N-ethyl adjacent to an activating group) is 1. The number of rotatable bonds is 5. The van der Waals surface area contributed by atoms with E-state index in [-0.39, 0.29) is 11.7 Å². The number of aryl methyl sites for hydroxylation is 1. The summed E-state index contributed by atoms with van der Waals surface area (Å²) in [5.41, 5.74) is 1.37. The Balaban J connectivity index is 1.99. The van der Waals surface area contributed by atoms with Gasteiger partial charge in [0.1, 0.15) is 5.52 Å². The molecular weight excluding hydrogens is 348 g/mol. The summed E-state index contributed by atoms with van der Waals surface area (Å²) in [7, 11) is 3.91. The van der Waals surface area contributed by atoms with Gasteiger partial charge in [0.2, 0.25) is 5.76 Å². The van der Waals surface area contributed by atoms with Crippen LogP contribution in [0.25, 0.3) is 10.2 Å². The fourth-order valence-electron chi connectivity index (χ4n) is 2.20. The van der Waals surface area contributed by atoms with Crippen LogP contribution in [-0.4, -0.2) is 48.1 Å². The van der Waals surface area contributed by atoms with E-state index in [2.05, 4.69) is 10.1 Å². The van der Waals surface area contributed by atoms with E-state index < -0.39 is 0 Å². The first-order valence-corrected chi connectivity index (χ1v) is 8.60. The SMILES string of the molecule is Cc1cc(C(=O)N(CCN(C)C)c2nc3c(Cl)cccc3s2)on1. The number of carbonyl (C=O) groups excluding carboxylic acids is 1. The highest BCUT2D eigenvalue weighted by Crippen LogP contribution is 2.33. The molecular formula is C16H17ClN4O2S. The molecule has 0 aliphatic carbocycles. The van der Waals surface area contributed by atoms with Crippen molar-refractivity contribution in [3.8, 4) is 0 Å². The van der Waals surface area contributed by atoms with E-state index in [0.29, 0.717) is 34.5 Å². The third-order valence-corrected chi connectivity index (χ3v) is 4.79. The molecule has 2 heterocycles. The number of halogens is 1. The number of anilines is 1. The van der Waals surface area contributed by atoms with Crippen LogP contribution in [0.5, 0.6) is 0 Å². The monoisotopic (exact) mass is 364 g/mol. The van der Waals surface area contributed by atoms with E-state index in [9.17, 15) is 4.79 Å². The molecule has 126 valence electrons. The van der Waals surface area contributed by atoms with E-state index in [1.807, 2.05) is 31.1 Å². The molecule has 2 aromatic heterocycles. The molecule has 0 aliphatic rings. The van der Waals surface area contributed by atoms with Crippen LogP contribution in [-0.2, 0) is 0 Å². The summed E-state index contributed by atoms with van der Waals surface area (Å²) in [5, 5.41) is 4.97. The van der Waals surface area contributed by atoms with Gasteiger partial charge in [-0.3, -0.25) is 9.69 Å². The predicted molar refractivity (Wildman–Crippen MR) is 96.1 cm³/mol. The molecule has 3 aromatic rings. The highest BCUT2D eigenvalue weighted by molar-refractivity contribution is 7.22. The quantitative estimate of drug-likeness (QED) is 0.693. The van der Waals surface area contributed by atoms with Crippen molar-refractivity contribution in [2.24, 2.45) is 0 Å². The molecule has 1 amide bonds. The average Bonchev–Trinajstić information content (AvgIpc) is 3.14. The number of amides is 1. The lowest BCUT2D eigenvalue weighted by Gasteiger charge is -2.20. The van der Waals surface area contributed by atoms with Crippen molar-refractivity contribution in [2.45, 2.75) is 6.92 Å². The Hall–Kier alpha value is -1.96. The van der Waals surface area contributed by atoms with Gasteiger partial charge in [0.25, 0.3) is 5.91 Å². The zero-order valence-corrected chi connectivity index (χ0v) is 15.2. The Bertz CT molecular complexity index is 874. The fraction of sp³-hybridized carbons (Fsp3) is 0.312. The molecule has 0 fully saturated rings. The minimum Gasteiger partial charge on any atom is -0.351 e. The summed E-state index contributed by atoms with van der Waals surface area (Å²) in [4.78, 5) is 21.0. The molecule has 0 N–H and O–H groups in total. The van der Waals surface area contributed by atoms with Crippen molar-refractivity contribution in [3.05, 3.63) is 40.7 Å². The highest BCUT2D eigenvalue weighted by Gasteiger charge is 2.24. The lowest BCUT2D eigenvalue weighted by molar-refractivity contribution is 0.0949. The average molecular weight is 365 g/mol. The summed E-state index contributed by atoms with van der Waals surface area (Å²) < 4.78 is 6.07. The predicted octanol–water partition coefficient (Wildman–Crippen LogP) is 3.45. The molecule has 0 saturated carbocycles. The topological polar surface area (TPSA) is 62.5 Å². The Labute approximate surface area is 148 Å². The number of nitrogens with zero attached hydrogens (tertiary/aromatic N) is 4. The summed E-state index contributed by atoms with van der Waals surface area (Å²) in [6.07, 6.45) is 0. The van der Waals surface area contributed by atoms with E-state index >= 15 is 0 Å². The zero-order chi connectivity index (χ0) is 17.3. The van der Waals surface area contributed by atoms with Gasteiger partial charge < -0.3 is 9.42 Å². The number of carbonyl (C=O) groups is 1. The van der Waals surface area contributed by atoms with E-state index in [1.165, 1.54) is 11.3 Å². The van der Waals surface area contributed by atoms with Gasteiger partial charge in [0.05, 0.1) is 15.4 Å². The molecule has 0 unspecified atom stereocenters. The second-order valence-electron chi connectivity index (χ2n) is 5.68. The highest BCUT2D eigenvalue weighted by atomic mass is 35.5. The minimum absolute atomic E-state index is 0.205. The largest absolute Gasteiger partial charge is 0.351 e. The minimum atomic E-state index is -0.257. The Morgan fingerprint density at radius 2 is 2.12 bits per heavy atom. The zero-order valence-electron chi connectivity index (χ0n) is 13.6. The summed E-state index contributed by atoms with van der Waals surface area (Å²) in [6, 6.07) is 7.23. The molecule has 1 aromatic carbocycles. The Morgan fingerprint density at radius 1 is 1.33 bits per heavy atom. The van der Waals surface area contributed by atoms with Crippen molar-refractivity contribution in [2.75, 3.05) is 32.1 Å². The molecule has 6 nitrogen and oxygen atoms in total. The summed E-state index contributed by atoms with van der Waals surface area (Å²) in [5.74, 6) is -0.0516. The second kappa shape index (κ2) is 6.88. The van der Waals surface area contributed by atoms with Crippen molar-refractivity contribution < 1.29 is 9.32 Å². The van der Waals surface area contributed by atoms with Crippen molar-refractivity contribution >= 4 is 44.2 Å². The van der Waals surface area contributed by atoms with Crippen molar-refractivity contribution in [3.63, 3.8) is 0 Å². The van der Waals surface area contributed by atoms with Crippen LogP contribution in [0.2, 0.25) is 5.02 Å². The van der Waals surface area contributed by atoms with Crippen LogP contribution < -0.4 is 4.90 Å². The number of fused-ring (bicyclic) bond motifs is 1. The Kier molecular flexibility index (Phi) is 4.84. The molecule has 0 spiro atoms. The second-order valence-corrected chi connectivity index (χ2v) is 7.09. The van der Waals surface area contributed by atoms with Crippen LogP contribution in [0.15, 0.2) is 28.8 Å². The van der Waals surface area contributed by atoms with E-state index in [1.54, 1.807) is 24.0 Å². The van der Waals surface area contributed by atoms with Crippen LogP contribution in [0.1, 0.15) is 16.2 Å². The van der Waals surface area contributed by atoms with Crippen molar-refractivity contribution in [1.82, 2.24) is 15.0 Å². The van der Waals surface area contributed by atoms with Gasteiger partial charge in [0.15, 0.2) is 5.13 Å². The van der Waals surface area contributed by atoms with Crippen LogP contribution in [0.3, 0.4) is 0 Å². The van der Waals surface area contributed by atoms with Crippen LogP contribution in [0, 0.1) is 6.92 Å². The van der Waals surface area contributed by atoms with Gasteiger partial charge in [-0.05, 0) is 33.2 Å². The van der Waals surface area contributed by atoms with Crippen LogP contribution in [0.4, 0.5) is 5.13 Å². The van der Waals surface area contributed by atoms with Gasteiger partial charge in [-0.25, -0.2) is 4.98 Å². The smallest absolute Gasteiger partial charge is 0.298 e. The van der Waals surface area contributed by atoms with Gasteiger partial charge in [-0.2, -0.15) is 0 Å². The van der Waals surface area contributed by atoms with Crippen LogP contribution >= 0.6 is 22.9 Å². The van der Waals surface area contributed by atoms with Gasteiger partial charge in [0, 0.05) is 19.2 Å².